The van der Waals surface area contributed by atoms with Gasteiger partial charge in [0.25, 0.3) is 0 Å². The Labute approximate surface area is 235 Å². The minimum Gasteiger partial charge on any atom is -0.461 e. The molecule has 0 aliphatic heterocycles. The lowest BCUT2D eigenvalue weighted by molar-refractivity contribution is -0.205. The lowest BCUT2D eigenvalue weighted by Gasteiger charge is -2.61. The molecule has 8 atom stereocenters. The summed E-state index contributed by atoms with van der Waals surface area (Å²) in [6.07, 6.45) is 5.79. The summed E-state index contributed by atoms with van der Waals surface area (Å²) in [5.41, 5.74) is 6.97. The lowest BCUT2D eigenvalue weighted by atomic mass is 9.44. The molecule has 212 valence electrons. The minimum absolute atomic E-state index is 0.0535. The Bertz CT molecular complexity index is 1160. The van der Waals surface area contributed by atoms with Gasteiger partial charge < -0.3 is 15.6 Å². The Balaban J connectivity index is 1.55. The predicted octanol–water partition coefficient (Wildman–Crippen LogP) is 4.50. The molecule has 3 saturated carbocycles. The molecule has 5 N–H and O–H groups in total. The molecule has 0 saturated heterocycles. The molecule has 39 heavy (non-hydrogen) atoms. The number of esters is 1. The van der Waals surface area contributed by atoms with Gasteiger partial charge in [-0.05, 0) is 60.6 Å². The van der Waals surface area contributed by atoms with Gasteiger partial charge in [0.2, 0.25) is 5.96 Å². The molecule has 0 spiro atoms. The zero-order valence-corrected chi connectivity index (χ0v) is 24.2. The second-order valence-electron chi connectivity index (χ2n) is 12.2. The van der Waals surface area contributed by atoms with Gasteiger partial charge >= 0.3 is 5.97 Å². The number of Topliss-reactive ketones (excluding diaryl/α,β-unsaturated/α-hetero) is 1. The van der Waals surface area contributed by atoms with Crippen molar-refractivity contribution < 1.29 is 19.4 Å². The van der Waals surface area contributed by atoms with Crippen LogP contribution in [-0.4, -0.2) is 47.0 Å². The van der Waals surface area contributed by atoms with E-state index >= 15 is 0 Å². The van der Waals surface area contributed by atoms with E-state index in [1.807, 2.05) is 37.3 Å². The molecule has 3 aliphatic carbocycles. The maximum atomic E-state index is 13.5. The van der Waals surface area contributed by atoms with Crippen molar-refractivity contribution in [2.24, 2.45) is 44.8 Å². The smallest absolute Gasteiger partial charge is 0.316 e. The molecule has 0 radical (unpaired) electrons. The topological polar surface area (TPSA) is 138 Å². The first-order valence-electron chi connectivity index (χ1n) is 13.8. The first-order valence-corrected chi connectivity index (χ1v) is 14.8. The lowest BCUT2D eigenvalue weighted by Crippen LogP contribution is -2.63. The number of aliphatic hydroxyl groups excluding tert-OH is 1. The number of nitrogens with one attached hydrogen (secondary N) is 2. The summed E-state index contributed by atoms with van der Waals surface area (Å²) in [6, 6.07) is 7.51. The summed E-state index contributed by atoms with van der Waals surface area (Å²) in [7, 11) is 0. The maximum absolute atomic E-state index is 13.5. The third-order valence-electron chi connectivity index (χ3n) is 10.2. The third kappa shape index (κ3) is 5.27. The zero-order valence-electron chi connectivity index (χ0n) is 23.4. The molecule has 0 heterocycles. The molecule has 1 aromatic rings. The Morgan fingerprint density at radius 3 is 2.64 bits per heavy atom. The number of aliphatic hydroxyl groups is 1. The van der Waals surface area contributed by atoms with Crippen LogP contribution >= 0.6 is 11.8 Å². The third-order valence-corrected chi connectivity index (χ3v) is 11.2. The van der Waals surface area contributed by atoms with Crippen molar-refractivity contribution in [2.45, 2.75) is 76.9 Å². The summed E-state index contributed by atoms with van der Waals surface area (Å²) >= 11 is 1.39. The number of hydrogen-bond donors (Lipinski definition) is 4. The Morgan fingerprint density at radius 2 is 2.00 bits per heavy atom. The van der Waals surface area contributed by atoms with Crippen molar-refractivity contribution in [2.75, 3.05) is 5.75 Å². The molecule has 4 rings (SSSR count). The van der Waals surface area contributed by atoms with E-state index in [-0.39, 0.29) is 46.6 Å². The average Bonchev–Trinajstić information content (AvgIpc) is 3.26. The fraction of sp³-hybridized carbons (Fsp3) is 0.600. The first-order chi connectivity index (χ1) is 18.4. The number of rotatable bonds is 7. The number of nitrogens with two attached hydrogens (primary N) is 1. The fourth-order valence-electron chi connectivity index (χ4n) is 7.66. The van der Waals surface area contributed by atoms with E-state index in [1.54, 1.807) is 6.21 Å². The number of ketones is 1. The van der Waals surface area contributed by atoms with Crippen molar-refractivity contribution in [1.82, 2.24) is 5.43 Å². The number of ether oxygens (including phenoxy) is 1. The van der Waals surface area contributed by atoms with Crippen LogP contribution in [0.4, 0.5) is 0 Å². The van der Waals surface area contributed by atoms with Gasteiger partial charge in [-0.25, -0.2) is 5.43 Å². The van der Waals surface area contributed by atoms with Crippen molar-refractivity contribution in [1.29, 1.82) is 5.41 Å². The van der Waals surface area contributed by atoms with Gasteiger partial charge in [0.05, 0.1) is 18.1 Å². The van der Waals surface area contributed by atoms with E-state index in [0.717, 1.165) is 29.7 Å². The van der Waals surface area contributed by atoms with E-state index < -0.39 is 23.0 Å². The molecule has 3 aliphatic rings. The van der Waals surface area contributed by atoms with Gasteiger partial charge in [0, 0.05) is 28.1 Å². The van der Waals surface area contributed by atoms with E-state index in [0.29, 0.717) is 12.8 Å². The highest BCUT2D eigenvalue weighted by molar-refractivity contribution is 8.00. The summed E-state index contributed by atoms with van der Waals surface area (Å²) in [5.74, 6) is -0.265. The minimum atomic E-state index is -0.676. The number of thioether (sulfide) groups is 1. The molecular formula is C30H42N4O4S. The average molecular weight is 555 g/mol. The van der Waals surface area contributed by atoms with Gasteiger partial charge in [-0.2, -0.15) is 5.10 Å². The van der Waals surface area contributed by atoms with Crippen LogP contribution in [0.2, 0.25) is 0 Å². The normalized spacial score (nSPS) is 38.0. The molecule has 8 nitrogen and oxygen atoms in total. The maximum Gasteiger partial charge on any atom is 0.316 e. The molecule has 3 fully saturated rings. The quantitative estimate of drug-likeness (QED) is 0.0972. The SMILES string of the molecule is C=C[C@]1(C)C[C@@H](OC(=O)CSc2ccc(/C=N/NC(=N)N)cc2)[C@]2(C)C(C)CCC3(CCC(=O)C32)[C@@H](C)[C@@H]1O. The standard InChI is InChI=1S/C30H42N4O4S/c1-6-28(4)15-23(38-24(36)17-39-21-9-7-20(8-10-21)16-33-34-27(31)32)29(5)18(2)11-13-30(19(3)26(28)37)14-12-22(35)25(29)30/h6-10,16,18-19,23,25-26,37H,1,11-15,17H2,2-5H3,(H4,31,32,34)/b33-16+/t18?,19-,23+,25?,26-,28+,29-,30?/m0/s1. The molecular weight excluding hydrogens is 512 g/mol. The van der Waals surface area contributed by atoms with Gasteiger partial charge in [0.15, 0.2) is 0 Å². The Morgan fingerprint density at radius 1 is 1.31 bits per heavy atom. The summed E-state index contributed by atoms with van der Waals surface area (Å²) in [4.78, 5) is 27.7. The zero-order chi connectivity index (χ0) is 28.6. The van der Waals surface area contributed by atoms with Crippen LogP contribution in [0.15, 0.2) is 46.9 Å². The van der Waals surface area contributed by atoms with Crippen LogP contribution in [0.5, 0.6) is 0 Å². The van der Waals surface area contributed by atoms with E-state index in [4.69, 9.17) is 15.9 Å². The molecule has 1 aromatic carbocycles. The van der Waals surface area contributed by atoms with E-state index in [2.05, 4.69) is 37.9 Å². The van der Waals surface area contributed by atoms with Gasteiger partial charge in [-0.15, -0.1) is 18.3 Å². The molecule has 0 aromatic heterocycles. The van der Waals surface area contributed by atoms with E-state index in [1.165, 1.54) is 11.8 Å². The van der Waals surface area contributed by atoms with Gasteiger partial charge in [-0.3, -0.25) is 15.0 Å². The number of carbonyl (C=O) groups is 2. The molecule has 3 unspecified atom stereocenters. The summed E-state index contributed by atoms with van der Waals surface area (Å²) in [5, 5.41) is 22.6. The monoisotopic (exact) mass is 554 g/mol. The summed E-state index contributed by atoms with van der Waals surface area (Å²) in [6.45, 7) is 12.5. The Hall–Kier alpha value is -2.65. The highest BCUT2D eigenvalue weighted by atomic mass is 32.2. The van der Waals surface area contributed by atoms with Crippen LogP contribution in [0.3, 0.4) is 0 Å². The van der Waals surface area contributed by atoms with Gasteiger partial charge in [0.1, 0.15) is 11.9 Å². The second-order valence-corrected chi connectivity index (χ2v) is 13.3. The predicted molar refractivity (Wildman–Crippen MR) is 154 cm³/mol. The van der Waals surface area contributed by atoms with Crippen LogP contribution in [0, 0.1) is 39.4 Å². The highest BCUT2D eigenvalue weighted by Crippen LogP contribution is 2.68. The van der Waals surface area contributed by atoms with Gasteiger partial charge in [-0.1, -0.05) is 45.9 Å². The summed E-state index contributed by atoms with van der Waals surface area (Å²) < 4.78 is 6.31. The van der Waals surface area contributed by atoms with Crippen molar-refractivity contribution >= 4 is 35.7 Å². The first kappa shape index (κ1) is 29.3. The number of hydrogen-bond acceptors (Lipinski definition) is 7. The number of benzene rings is 1. The second kappa shape index (κ2) is 11.1. The molecule has 0 amide bonds. The fourth-order valence-corrected chi connectivity index (χ4v) is 8.34. The molecule has 2 bridgehead atoms. The number of nitrogens with zero attached hydrogens (tertiary/aromatic N) is 1. The van der Waals surface area contributed by atoms with Crippen molar-refractivity contribution in [3.63, 3.8) is 0 Å². The van der Waals surface area contributed by atoms with Crippen LogP contribution in [0.1, 0.15) is 65.4 Å². The number of carbonyl (C=O) groups excluding carboxylic acids is 2. The highest BCUT2D eigenvalue weighted by Gasteiger charge is 2.68. The van der Waals surface area contributed by atoms with Crippen LogP contribution < -0.4 is 11.2 Å². The van der Waals surface area contributed by atoms with Crippen molar-refractivity contribution in [3.8, 4) is 0 Å². The van der Waals surface area contributed by atoms with Crippen LogP contribution in [-0.2, 0) is 14.3 Å². The van der Waals surface area contributed by atoms with Crippen LogP contribution in [0.25, 0.3) is 0 Å². The number of guanidine groups is 1. The number of hydrazone groups is 1. The molecule has 9 heteroatoms. The van der Waals surface area contributed by atoms with E-state index in [9.17, 15) is 14.7 Å². The Kier molecular flexibility index (Phi) is 8.34. The van der Waals surface area contributed by atoms with Crippen molar-refractivity contribution in [3.05, 3.63) is 42.5 Å². The largest absolute Gasteiger partial charge is 0.461 e.